The van der Waals surface area contributed by atoms with Gasteiger partial charge in [0.1, 0.15) is 19.3 Å². The molecule has 0 spiro atoms. The quantitative estimate of drug-likeness (QED) is 0.0222. The molecule has 0 aliphatic rings. The van der Waals surface area contributed by atoms with Gasteiger partial charge >= 0.3 is 39.5 Å². The number of rotatable bonds is 84. The summed E-state index contributed by atoms with van der Waals surface area (Å²) >= 11 is 0. The van der Waals surface area contributed by atoms with Gasteiger partial charge in [0, 0.05) is 25.7 Å². The van der Waals surface area contributed by atoms with Crippen LogP contribution < -0.4 is 0 Å². The Hall–Kier alpha value is -1.94. The van der Waals surface area contributed by atoms with Crippen LogP contribution in [0.4, 0.5) is 0 Å². The zero-order chi connectivity index (χ0) is 77.2. The lowest BCUT2D eigenvalue weighted by atomic mass is 9.99. The molecule has 0 fully saturated rings. The van der Waals surface area contributed by atoms with Gasteiger partial charge in [-0.3, -0.25) is 37.3 Å². The van der Waals surface area contributed by atoms with Crippen molar-refractivity contribution in [2.75, 3.05) is 39.6 Å². The van der Waals surface area contributed by atoms with Crippen LogP contribution in [0.3, 0.4) is 0 Å². The Morgan fingerprint density at radius 2 is 0.486 bits per heavy atom. The molecule has 0 heterocycles. The van der Waals surface area contributed by atoms with Crippen LogP contribution in [-0.4, -0.2) is 96.7 Å². The average Bonchev–Trinajstić information content (AvgIpc) is 0.908. The SMILES string of the molecule is CCCCCCCCCCCCCC(=O)OC[C@H](COP(=O)(O)OC[C@H](O)COP(=O)(O)OC[C@@H](COC(=O)CCCCCCCCCCCCCCCCCCC(C)C)OC(=O)CCCCCCCCCCCCCCCCCCCCC(C)C)OC(=O)CCCCCCCCCCCCC(C)CC. The van der Waals surface area contributed by atoms with Crippen molar-refractivity contribution in [2.45, 2.75) is 471 Å². The van der Waals surface area contributed by atoms with Crippen LogP contribution in [0.2, 0.25) is 0 Å². The van der Waals surface area contributed by atoms with Crippen LogP contribution in [-0.2, 0) is 65.4 Å². The highest BCUT2D eigenvalue weighted by Gasteiger charge is 2.30. The summed E-state index contributed by atoms with van der Waals surface area (Å²) in [6.07, 6.45) is 66.5. The van der Waals surface area contributed by atoms with Gasteiger partial charge in [0.05, 0.1) is 26.4 Å². The molecule has 0 amide bonds. The number of hydrogen-bond donors (Lipinski definition) is 3. The van der Waals surface area contributed by atoms with Crippen LogP contribution in [0.1, 0.15) is 453 Å². The molecule has 0 bridgehead atoms. The van der Waals surface area contributed by atoms with Crippen molar-refractivity contribution in [3.05, 3.63) is 0 Å². The lowest BCUT2D eigenvalue weighted by molar-refractivity contribution is -0.161. The van der Waals surface area contributed by atoms with E-state index in [9.17, 15) is 43.2 Å². The van der Waals surface area contributed by atoms with E-state index in [4.69, 9.17) is 37.0 Å². The first-order valence-corrected chi connectivity index (χ1v) is 47.4. The molecule has 0 rings (SSSR count). The summed E-state index contributed by atoms with van der Waals surface area (Å²) < 4.78 is 68.9. The van der Waals surface area contributed by atoms with E-state index in [1.165, 1.54) is 263 Å². The molecule has 3 unspecified atom stereocenters. The third kappa shape index (κ3) is 78.5. The summed E-state index contributed by atoms with van der Waals surface area (Å²) in [6, 6.07) is 0. The molecule has 0 aromatic rings. The maximum Gasteiger partial charge on any atom is 0.472 e. The summed E-state index contributed by atoms with van der Waals surface area (Å²) in [4.78, 5) is 73.2. The molecule has 105 heavy (non-hydrogen) atoms. The minimum atomic E-state index is -4.97. The number of carbonyl (C=O) groups is 4. The molecule has 19 heteroatoms. The topological polar surface area (TPSA) is 237 Å². The number of aliphatic hydroxyl groups excluding tert-OH is 1. The Labute approximate surface area is 645 Å². The third-order valence-corrected chi connectivity index (χ3v) is 22.4. The third-order valence-electron chi connectivity index (χ3n) is 20.5. The highest BCUT2D eigenvalue weighted by molar-refractivity contribution is 7.47. The molecule has 17 nitrogen and oxygen atoms in total. The van der Waals surface area contributed by atoms with Crippen molar-refractivity contribution in [3.63, 3.8) is 0 Å². The maximum atomic E-state index is 13.2. The highest BCUT2D eigenvalue weighted by atomic mass is 31.2. The first-order valence-electron chi connectivity index (χ1n) is 44.4. The van der Waals surface area contributed by atoms with Gasteiger partial charge in [0.25, 0.3) is 0 Å². The number of phosphoric acid groups is 2. The zero-order valence-electron chi connectivity index (χ0n) is 69.2. The summed E-state index contributed by atoms with van der Waals surface area (Å²) in [7, 11) is -9.93. The van der Waals surface area contributed by atoms with Crippen LogP contribution in [0.25, 0.3) is 0 Å². The van der Waals surface area contributed by atoms with Crippen LogP contribution >= 0.6 is 15.6 Å². The molecule has 624 valence electrons. The van der Waals surface area contributed by atoms with Crippen LogP contribution in [0.5, 0.6) is 0 Å². The number of phosphoric ester groups is 2. The number of carbonyl (C=O) groups excluding carboxylic acids is 4. The standard InChI is InChI=1S/C86H168O17P2/c1-8-10-11-12-13-14-29-39-46-53-60-67-83(88)96-73-82(103-86(91)70-63-56-49-42-35-34-38-45-52-59-66-79(7)9-2)76-101-105(94,95)99-72-80(87)71-98-104(92,93)100-75-81(74-97-84(89)68-61-54-47-40-32-27-23-20-19-22-26-31-37-44-51-58-65-78(5)6)102-85(90)69-62-55-48-41-33-28-24-18-16-15-17-21-25-30-36-43-50-57-64-77(3)4/h77-82,87H,8-76H2,1-7H3,(H,92,93)(H,94,95)/t79?,80-,81-,82-/m1/s1. The van der Waals surface area contributed by atoms with Crippen LogP contribution in [0, 0.1) is 17.8 Å². The van der Waals surface area contributed by atoms with Crippen molar-refractivity contribution in [1.82, 2.24) is 0 Å². The van der Waals surface area contributed by atoms with Crippen LogP contribution in [0.15, 0.2) is 0 Å². The minimum Gasteiger partial charge on any atom is -0.462 e. The maximum absolute atomic E-state index is 13.2. The highest BCUT2D eigenvalue weighted by Crippen LogP contribution is 2.45. The monoisotopic (exact) mass is 1540 g/mol. The molecule has 0 aromatic carbocycles. The predicted molar refractivity (Wildman–Crippen MR) is 432 cm³/mol. The van der Waals surface area contributed by atoms with Gasteiger partial charge in [-0.15, -0.1) is 0 Å². The molecule has 0 aliphatic heterocycles. The van der Waals surface area contributed by atoms with E-state index in [-0.39, 0.29) is 25.7 Å². The number of ether oxygens (including phenoxy) is 4. The summed E-state index contributed by atoms with van der Waals surface area (Å²) in [5.74, 6) is 0.332. The minimum absolute atomic E-state index is 0.107. The fourth-order valence-electron chi connectivity index (χ4n) is 13.3. The number of esters is 4. The van der Waals surface area contributed by atoms with Crippen molar-refractivity contribution in [2.24, 2.45) is 17.8 Å². The molecule has 0 radical (unpaired) electrons. The van der Waals surface area contributed by atoms with Crippen molar-refractivity contribution >= 4 is 39.5 Å². The van der Waals surface area contributed by atoms with Gasteiger partial charge in [-0.2, -0.15) is 0 Å². The molecular weight excluding hydrogens is 1370 g/mol. The van der Waals surface area contributed by atoms with E-state index in [1.54, 1.807) is 0 Å². The molecule has 0 saturated heterocycles. The van der Waals surface area contributed by atoms with Gasteiger partial charge in [-0.1, -0.05) is 402 Å². The van der Waals surface area contributed by atoms with Crippen molar-refractivity contribution in [1.29, 1.82) is 0 Å². The van der Waals surface area contributed by atoms with Gasteiger partial charge in [0.15, 0.2) is 12.2 Å². The Balaban J connectivity index is 5.24. The summed E-state index contributed by atoms with van der Waals surface area (Å²) in [5.41, 5.74) is 0. The number of unbranched alkanes of at least 4 members (excludes halogenated alkanes) is 51. The normalized spacial score (nSPS) is 14.1. The second kappa shape index (κ2) is 76.1. The average molecular weight is 1540 g/mol. The lowest BCUT2D eigenvalue weighted by Crippen LogP contribution is -2.30. The van der Waals surface area contributed by atoms with E-state index >= 15 is 0 Å². The van der Waals surface area contributed by atoms with E-state index < -0.39 is 97.5 Å². The van der Waals surface area contributed by atoms with Gasteiger partial charge in [-0.05, 0) is 43.4 Å². The fraction of sp³-hybridized carbons (Fsp3) is 0.953. The Morgan fingerprint density at radius 1 is 0.276 bits per heavy atom. The largest absolute Gasteiger partial charge is 0.472 e. The second-order valence-corrected chi connectivity index (χ2v) is 35.0. The summed E-state index contributed by atoms with van der Waals surface area (Å²) in [6.45, 7) is 12.1. The first-order chi connectivity index (χ1) is 50.8. The second-order valence-electron chi connectivity index (χ2n) is 32.1. The Morgan fingerprint density at radius 3 is 0.724 bits per heavy atom. The lowest BCUT2D eigenvalue weighted by Gasteiger charge is -2.21. The molecule has 3 N–H and O–H groups in total. The van der Waals surface area contributed by atoms with Crippen molar-refractivity contribution < 1.29 is 80.2 Å². The van der Waals surface area contributed by atoms with Gasteiger partial charge in [-0.25, -0.2) is 9.13 Å². The molecule has 6 atom stereocenters. The van der Waals surface area contributed by atoms with E-state index in [2.05, 4.69) is 48.5 Å². The fourth-order valence-corrected chi connectivity index (χ4v) is 14.9. The number of hydrogen-bond acceptors (Lipinski definition) is 15. The molecule has 0 aliphatic carbocycles. The summed E-state index contributed by atoms with van der Waals surface area (Å²) in [5, 5.41) is 10.7. The Kier molecular flexibility index (Phi) is 74.7. The van der Waals surface area contributed by atoms with Gasteiger partial charge < -0.3 is 33.8 Å². The molecule has 0 aromatic heterocycles. The van der Waals surface area contributed by atoms with E-state index in [0.29, 0.717) is 25.7 Å². The Bertz CT molecular complexity index is 2030. The molecule has 0 saturated carbocycles. The predicted octanol–water partition coefficient (Wildman–Crippen LogP) is 26.1. The zero-order valence-corrected chi connectivity index (χ0v) is 71.0. The first kappa shape index (κ1) is 103. The van der Waals surface area contributed by atoms with Gasteiger partial charge in [0.2, 0.25) is 0 Å². The van der Waals surface area contributed by atoms with Crippen molar-refractivity contribution in [3.8, 4) is 0 Å². The smallest absolute Gasteiger partial charge is 0.462 e. The number of aliphatic hydroxyl groups is 1. The van der Waals surface area contributed by atoms with E-state index in [0.717, 1.165) is 108 Å². The van der Waals surface area contributed by atoms with E-state index in [1.807, 2.05) is 0 Å². The molecular formula is C86H168O17P2.